The molecule has 0 atom stereocenters. The van der Waals surface area contributed by atoms with Gasteiger partial charge in [-0.1, -0.05) is 29.8 Å². The Hall–Kier alpha value is -3.74. The minimum absolute atomic E-state index is 0.206. The van der Waals surface area contributed by atoms with E-state index in [0.717, 1.165) is 5.56 Å². The lowest BCUT2D eigenvalue weighted by molar-refractivity contribution is -0.120. The molecule has 2 N–H and O–H groups in total. The van der Waals surface area contributed by atoms with E-state index in [4.69, 9.17) is 4.42 Å². The second-order valence-corrected chi connectivity index (χ2v) is 5.86. The average molecular weight is 363 g/mol. The molecule has 0 spiro atoms. The highest BCUT2D eigenvalue weighted by atomic mass is 16.3. The third-order valence-corrected chi connectivity index (χ3v) is 3.79. The molecule has 0 aliphatic carbocycles. The highest BCUT2D eigenvalue weighted by Crippen LogP contribution is 2.09. The van der Waals surface area contributed by atoms with Crippen LogP contribution in [0.15, 0.2) is 69.1 Å². The molecule has 0 saturated carbocycles. The smallest absolute Gasteiger partial charge is 0.259 e. The molecule has 2 amide bonds. The summed E-state index contributed by atoms with van der Waals surface area (Å²) in [6, 6.07) is 13.9. The number of benzene rings is 2. The molecule has 1 heterocycles. The molecule has 0 unspecified atom stereocenters. The Morgan fingerprint density at radius 2 is 1.96 bits per heavy atom. The minimum Gasteiger partial charge on any atom is -0.463 e. The largest absolute Gasteiger partial charge is 0.463 e. The van der Waals surface area contributed by atoms with Crippen LogP contribution in [-0.2, 0) is 4.79 Å². The van der Waals surface area contributed by atoms with Gasteiger partial charge in [-0.25, -0.2) is 5.43 Å². The first kappa shape index (κ1) is 18.1. The molecule has 3 rings (SSSR count). The van der Waals surface area contributed by atoms with Crippen molar-refractivity contribution >= 4 is 29.0 Å². The molecular formula is C20H17N3O4. The lowest BCUT2D eigenvalue weighted by Gasteiger charge is -2.05. The first-order chi connectivity index (χ1) is 13.0. The van der Waals surface area contributed by atoms with Crippen LogP contribution in [0.2, 0.25) is 0 Å². The van der Waals surface area contributed by atoms with Crippen LogP contribution in [0.4, 0.5) is 0 Å². The summed E-state index contributed by atoms with van der Waals surface area (Å²) in [6.07, 6.45) is 2.48. The lowest BCUT2D eigenvalue weighted by atomic mass is 10.1. The van der Waals surface area contributed by atoms with E-state index in [-0.39, 0.29) is 23.4 Å². The van der Waals surface area contributed by atoms with Crippen LogP contribution < -0.4 is 16.2 Å². The maximum absolute atomic E-state index is 12.3. The molecule has 1 aromatic heterocycles. The van der Waals surface area contributed by atoms with Crippen LogP contribution in [0.25, 0.3) is 11.0 Å². The molecular weight excluding hydrogens is 346 g/mol. The molecule has 7 nitrogen and oxygen atoms in total. The third-order valence-electron chi connectivity index (χ3n) is 3.79. The van der Waals surface area contributed by atoms with E-state index in [1.54, 1.807) is 42.5 Å². The van der Waals surface area contributed by atoms with Gasteiger partial charge in [0, 0.05) is 5.56 Å². The zero-order chi connectivity index (χ0) is 19.2. The van der Waals surface area contributed by atoms with Crippen LogP contribution >= 0.6 is 0 Å². The van der Waals surface area contributed by atoms with Gasteiger partial charge < -0.3 is 9.73 Å². The standard InChI is InChI=1S/C20H17N3O4/c1-13-5-4-6-14(9-13)20(26)21-11-18(24)23-22-10-15-12-27-17-8-3-2-7-16(17)19(15)25/h2-10,12H,11H2,1H3,(H,21,26)(H,23,24)/b22-10+. The molecule has 0 fully saturated rings. The van der Waals surface area contributed by atoms with Crippen molar-refractivity contribution in [3.63, 3.8) is 0 Å². The van der Waals surface area contributed by atoms with Crippen molar-refractivity contribution in [2.75, 3.05) is 6.54 Å². The van der Waals surface area contributed by atoms with Gasteiger partial charge in [0.15, 0.2) is 0 Å². The second-order valence-electron chi connectivity index (χ2n) is 5.86. The topological polar surface area (TPSA) is 101 Å². The Morgan fingerprint density at radius 3 is 2.78 bits per heavy atom. The summed E-state index contributed by atoms with van der Waals surface area (Å²) in [4.78, 5) is 36.1. The predicted molar refractivity (Wildman–Crippen MR) is 102 cm³/mol. The molecule has 136 valence electrons. The number of aryl methyl sites for hydroxylation is 1. The summed E-state index contributed by atoms with van der Waals surface area (Å²) in [5.41, 5.74) is 4.12. The Kier molecular flexibility index (Phi) is 5.41. The van der Waals surface area contributed by atoms with E-state index < -0.39 is 5.91 Å². The Bertz CT molecular complexity index is 1090. The van der Waals surface area contributed by atoms with Crippen molar-refractivity contribution in [2.45, 2.75) is 6.92 Å². The highest BCUT2D eigenvalue weighted by Gasteiger charge is 2.08. The maximum Gasteiger partial charge on any atom is 0.259 e. The van der Waals surface area contributed by atoms with Crippen molar-refractivity contribution in [1.29, 1.82) is 0 Å². The number of carbonyl (C=O) groups is 2. The van der Waals surface area contributed by atoms with Gasteiger partial charge in [0.2, 0.25) is 5.43 Å². The fourth-order valence-electron chi connectivity index (χ4n) is 2.44. The van der Waals surface area contributed by atoms with Gasteiger partial charge in [0.1, 0.15) is 11.8 Å². The van der Waals surface area contributed by atoms with Gasteiger partial charge in [0.25, 0.3) is 11.8 Å². The van der Waals surface area contributed by atoms with Crippen LogP contribution in [-0.4, -0.2) is 24.6 Å². The zero-order valence-corrected chi connectivity index (χ0v) is 14.6. The van der Waals surface area contributed by atoms with Gasteiger partial charge in [0.05, 0.1) is 23.7 Å². The van der Waals surface area contributed by atoms with E-state index in [2.05, 4.69) is 15.8 Å². The SMILES string of the molecule is Cc1cccc(C(=O)NCC(=O)N/N=C/c2coc3ccccc3c2=O)c1. The molecule has 3 aromatic rings. The van der Waals surface area contributed by atoms with Crippen molar-refractivity contribution in [3.05, 3.63) is 81.7 Å². The Balaban J connectivity index is 1.57. The molecule has 0 bridgehead atoms. The van der Waals surface area contributed by atoms with Gasteiger partial charge in [-0.15, -0.1) is 0 Å². The number of hydrogen-bond donors (Lipinski definition) is 2. The lowest BCUT2D eigenvalue weighted by Crippen LogP contribution is -2.35. The number of amides is 2. The van der Waals surface area contributed by atoms with Gasteiger partial charge in [-0.3, -0.25) is 14.4 Å². The number of hydrogen-bond acceptors (Lipinski definition) is 5. The van der Waals surface area contributed by atoms with Crippen LogP contribution in [0.1, 0.15) is 21.5 Å². The summed E-state index contributed by atoms with van der Waals surface area (Å²) in [6.45, 7) is 1.64. The summed E-state index contributed by atoms with van der Waals surface area (Å²) >= 11 is 0. The summed E-state index contributed by atoms with van der Waals surface area (Å²) < 4.78 is 5.36. The fourth-order valence-corrected chi connectivity index (χ4v) is 2.44. The Morgan fingerprint density at radius 1 is 1.15 bits per heavy atom. The first-order valence-corrected chi connectivity index (χ1v) is 8.22. The monoisotopic (exact) mass is 363 g/mol. The number of nitrogens with zero attached hydrogens (tertiary/aromatic N) is 1. The average Bonchev–Trinajstić information content (AvgIpc) is 2.68. The summed E-state index contributed by atoms with van der Waals surface area (Å²) in [7, 11) is 0. The summed E-state index contributed by atoms with van der Waals surface area (Å²) in [5, 5.41) is 6.67. The van der Waals surface area contributed by atoms with Gasteiger partial charge in [-0.05, 0) is 31.2 Å². The van der Waals surface area contributed by atoms with Crippen LogP contribution in [0.3, 0.4) is 0 Å². The molecule has 7 heteroatoms. The first-order valence-electron chi connectivity index (χ1n) is 8.22. The molecule has 0 aliphatic heterocycles. The summed E-state index contributed by atoms with van der Waals surface area (Å²) in [5.74, 6) is -0.870. The minimum atomic E-state index is -0.516. The van der Waals surface area contributed by atoms with E-state index in [1.165, 1.54) is 12.5 Å². The molecule has 27 heavy (non-hydrogen) atoms. The zero-order valence-electron chi connectivity index (χ0n) is 14.6. The second kappa shape index (κ2) is 8.09. The van der Waals surface area contributed by atoms with E-state index >= 15 is 0 Å². The normalized spacial score (nSPS) is 10.9. The number of carbonyl (C=O) groups excluding carboxylic acids is 2. The van der Waals surface area contributed by atoms with Crippen molar-refractivity contribution in [1.82, 2.24) is 10.7 Å². The number of para-hydroxylation sites is 1. The Labute approximate surface area is 154 Å². The molecule has 2 aromatic carbocycles. The quantitative estimate of drug-likeness (QED) is 0.535. The number of fused-ring (bicyclic) bond motifs is 1. The van der Waals surface area contributed by atoms with E-state index in [1.807, 2.05) is 13.0 Å². The molecule has 0 radical (unpaired) electrons. The van der Waals surface area contributed by atoms with Gasteiger partial charge in [-0.2, -0.15) is 5.10 Å². The highest BCUT2D eigenvalue weighted by molar-refractivity contribution is 5.96. The number of hydrazone groups is 1. The van der Waals surface area contributed by atoms with Crippen LogP contribution in [0.5, 0.6) is 0 Å². The van der Waals surface area contributed by atoms with E-state index in [9.17, 15) is 14.4 Å². The maximum atomic E-state index is 12.3. The van der Waals surface area contributed by atoms with Gasteiger partial charge >= 0.3 is 0 Å². The number of nitrogens with one attached hydrogen (secondary N) is 2. The van der Waals surface area contributed by atoms with Crippen LogP contribution in [0, 0.1) is 6.92 Å². The third kappa shape index (κ3) is 4.46. The van der Waals surface area contributed by atoms with Crippen molar-refractivity contribution < 1.29 is 14.0 Å². The molecule has 0 aliphatic rings. The fraction of sp³-hybridized carbons (Fsp3) is 0.100. The molecule has 0 saturated heterocycles. The number of rotatable bonds is 5. The van der Waals surface area contributed by atoms with Crippen molar-refractivity contribution in [2.24, 2.45) is 5.10 Å². The van der Waals surface area contributed by atoms with Crippen molar-refractivity contribution in [3.8, 4) is 0 Å². The predicted octanol–water partition coefficient (Wildman–Crippen LogP) is 1.98. The van der Waals surface area contributed by atoms with E-state index in [0.29, 0.717) is 16.5 Å².